The van der Waals surface area contributed by atoms with E-state index in [0.29, 0.717) is 0 Å². The van der Waals surface area contributed by atoms with Gasteiger partial charge in [0, 0.05) is 16.8 Å². The van der Waals surface area contributed by atoms with Crippen molar-refractivity contribution in [2.45, 2.75) is 38.8 Å². The van der Waals surface area contributed by atoms with Crippen molar-refractivity contribution in [3.8, 4) is 0 Å². The van der Waals surface area contributed by atoms with Gasteiger partial charge in [0.15, 0.2) is 0 Å². The van der Waals surface area contributed by atoms with E-state index >= 15 is 0 Å². The Morgan fingerprint density at radius 3 is 2.94 bits per heavy atom. The summed E-state index contributed by atoms with van der Waals surface area (Å²) in [5.41, 5.74) is 0. The normalized spacial score (nSPS) is 20.2. The van der Waals surface area contributed by atoms with Crippen LogP contribution < -0.4 is 5.32 Å². The average molecular weight is 252 g/mol. The summed E-state index contributed by atoms with van der Waals surface area (Å²) in [7, 11) is 1.90. The van der Waals surface area contributed by atoms with E-state index in [0.717, 1.165) is 25.9 Å². The smallest absolute Gasteiger partial charge is 0.239 e. The molecule has 94 valence electrons. The molecule has 17 heavy (non-hydrogen) atoms. The summed E-state index contributed by atoms with van der Waals surface area (Å²) in [6, 6.07) is 4.25. The van der Waals surface area contributed by atoms with Crippen LogP contribution >= 0.6 is 11.3 Å². The van der Waals surface area contributed by atoms with Crippen LogP contribution in [0.4, 0.5) is 0 Å². The van der Waals surface area contributed by atoms with Gasteiger partial charge in [-0.1, -0.05) is 6.42 Å². The zero-order valence-corrected chi connectivity index (χ0v) is 11.3. The van der Waals surface area contributed by atoms with Crippen LogP contribution in [0.25, 0.3) is 0 Å². The fourth-order valence-corrected chi connectivity index (χ4v) is 3.15. The molecule has 1 saturated heterocycles. The molecule has 1 aromatic rings. The molecule has 1 aliphatic heterocycles. The molecule has 0 spiro atoms. The molecule has 1 amide bonds. The highest BCUT2D eigenvalue weighted by Gasteiger charge is 2.23. The van der Waals surface area contributed by atoms with E-state index < -0.39 is 0 Å². The Labute approximate surface area is 107 Å². The van der Waals surface area contributed by atoms with Crippen molar-refractivity contribution in [2.75, 3.05) is 13.6 Å². The highest BCUT2D eigenvalue weighted by molar-refractivity contribution is 7.11. The Balaban J connectivity index is 1.90. The lowest BCUT2D eigenvalue weighted by Crippen LogP contribution is -2.46. The Kier molecular flexibility index (Phi) is 4.18. The average Bonchev–Trinajstić information content (AvgIpc) is 2.75. The van der Waals surface area contributed by atoms with Crippen LogP contribution in [0.2, 0.25) is 0 Å². The third-order valence-electron chi connectivity index (χ3n) is 3.17. The molecule has 1 N–H and O–H groups in total. The molecule has 1 unspecified atom stereocenters. The predicted molar refractivity (Wildman–Crippen MR) is 71.2 cm³/mol. The second-order valence-electron chi connectivity index (χ2n) is 4.71. The fraction of sp³-hybridized carbons (Fsp3) is 0.615. The third-order valence-corrected chi connectivity index (χ3v) is 4.16. The van der Waals surface area contributed by atoms with Crippen molar-refractivity contribution in [1.29, 1.82) is 0 Å². The van der Waals surface area contributed by atoms with Crippen molar-refractivity contribution < 1.29 is 4.79 Å². The first-order valence-electron chi connectivity index (χ1n) is 6.20. The Morgan fingerprint density at radius 2 is 2.35 bits per heavy atom. The molecule has 3 nitrogen and oxygen atoms in total. The van der Waals surface area contributed by atoms with Crippen LogP contribution in [0.5, 0.6) is 0 Å². The predicted octanol–water partition coefficient (Wildman–Crippen LogP) is 2.16. The molecule has 0 aromatic carbocycles. The van der Waals surface area contributed by atoms with Crippen molar-refractivity contribution in [3.05, 3.63) is 21.9 Å². The molecule has 4 heteroatoms. The van der Waals surface area contributed by atoms with E-state index in [1.807, 2.05) is 11.9 Å². The monoisotopic (exact) mass is 252 g/mol. The standard InChI is InChI=1S/C13H20N2OS/c1-10-6-7-11(17-10)9-15(2)13(16)12-5-3-4-8-14-12/h6-7,12,14H,3-5,8-9H2,1-2H3. The molecule has 1 aromatic heterocycles. The van der Waals surface area contributed by atoms with Crippen LogP contribution in [0.1, 0.15) is 29.0 Å². The number of carbonyl (C=O) groups excluding carboxylic acids is 1. The zero-order chi connectivity index (χ0) is 12.3. The van der Waals surface area contributed by atoms with Crippen molar-refractivity contribution in [3.63, 3.8) is 0 Å². The topological polar surface area (TPSA) is 32.3 Å². The first-order valence-corrected chi connectivity index (χ1v) is 7.02. The molecule has 0 saturated carbocycles. The number of carbonyl (C=O) groups is 1. The molecular formula is C13H20N2OS. The van der Waals surface area contributed by atoms with Crippen LogP contribution in [0.3, 0.4) is 0 Å². The summed E-state index contributed by atoms with van der Waals surface area (Å²) in [6.45, 7) is 3.80. The number of aryl methyl sites for hydroxylation is 1. The van der Waals surface area contributed by atoms with E-state index in [2.05, 4.69) is 24.4 Å². The molecule has 0 radical (unpaired) electrons. The lowest BCUT2D eigenvalue weighted by molar-refractivity contribution is -0.133. The lowest BCUT2D eigenvalue weighted by atomic mass is 10.0. The van der Waals surface area contributed by atoms with Crippen LogP contribution in [0.15, 0.2) is 12.1 Å². The largest absolute Gasteiger partial charge is 0.339 e. The number of hydrogen-bond donors (Lipinski definition) is 1. The molecule has 2 heterocycles. The number of likely N-dealkylation sites (N-methyl/N-ethyl adjacent to an activating group) is 1. The number of thiophene rings is 1. The Bertz CT molecular complexity index is 383. The minimum absolute atomic E-state index is 0.0369. The number of nitrogens with one attached hydrogen (secondary N) is 1. The van der Waals surface area contributed by atoms with E-state index in [1.165, 1.54) is 16.2 Å². The molecule has 1 fully saturated rings. The highest BCUT2D eigenvalue weighted by atomic mass is 32.1. The lowest BCUT2D eigenvalue weighted by Gasteiger charge is -2.27. The van der Waals surface area contributed by atoms with Crippen LogP contribution in [-0.4, -0.2) is 30.4 Å². The van der Waals surface area contributed by atoms with Gasteiger partial charge >= 0.3 is 0 Å². The summed E-state index contributed by atoms with van der Waals surface area (Å²) in [5, 5.41) is 3.30. The van der Waals surface area contributed by atoms with Gasteiger partial charge in [0.25, 0.3) is 0 Å². The second kappa shape index (κ2) is 5.65. The van der Waals surface area contributed by atoms with E-state index in [4.69, 9.17) is 0 Å². The Morgan fingerprint density at radius 1 is 1.53 bits per heavy atom. The van der Waals surface area contributed by atoms with Crippen molar-refractivity contribution in [1.82, 2.24) is 10.2 Å². The summed E-state index contributed by atoms with van der Waals surface area (Å²) >= 11 is 1.77. The quantitative estimate of drug-likeness (QED) is 0.894. The maximum atomic E-state index is 12.2. The van der Waals surface area contributed by atoms with Gasteiger partial charge in [-0.3, -0.25) is 4.79 Å². The first kappa shape index (κ1) is 12.6. The maximum absolute atomic E-state index is 12.2. The number of rotatable bonds is 3. The third kappa shape index (κ3) is 3.30. The van der Waals surface area contributed by atoms with E-state index in [-0.39, 0.29) is 11.9 Å². The molecule has 1 aliphatic rings. The van der Waals surface area contributed by atoms with Crippen LogP contribution in [-0.2, 0) is 11.3 Å². The van der Waals surface area contributed by atoms with E-state index in [9.17, 15) is 4.79 Å². The highest BCUT2D eigenvalue weighted by Crippen LogP contribution is 2.17. The summed E-state index contributed by atoms with van der Waals surface area (Å²) in [6.07, 6.45) is 3.33. The van der Waals surface area contributed by atoms with Gasteiger partial charge in [0.05, 0.1) is 12.6 Å². The molecule has 0 bridgehead atoms. The zero-order valence-electron chi connectivity index (χ0n) is 10.5. The Hall–Kier alpha value is -0.870. The number of amides is 1. The fourth-order valence-electron chi connectivity index (χ4n) is 2.21. The summed E-state index contributed by atoms with van der Waals surface area (Å²) in [4.78, 5) is 16.6. The van der Waals surface area contributed by atoms with Gasteiger partial charge in [-0.25, -0.2) is 0 Å². The van der Waals surface area contributed by atoms with Gasteiger partial charge in [0.1, 0.15) is 0 Å². The molecule has 1 atom stereocenters. The SMILES string of the molecule is Cc1ccc(CN(C)C(=O)C2CCCCN2)s1. The first-order chi connectivity index (χ1) is 8.16. The minimum atomic E-state index is 0.0369. The summed E-state index contributed by atoms with van der Waals surface area (Å²) < 4.78 is 0. The van der Waals surface area contributed by atoms with Gasteiger partial charge in [-0.2, -0.15) is 0 Å². The van der Waals surface area contributed by atoms with Crippen molar-refractivity contribution >= 4 is 17.2 Å². The number of nitrogens with zero attached hydrogens (tertiary/aromatic N) is 1. The van der Waals surface area contributed by atoms with Crippen LogP contribution in [0, 0.1) is 6.92 Å². The molecule has 0 aliphatic carbocycles. The summed E-state index contributed by atoms with van der Waals surface area (Å²) in [5.74, 6) is 0.232. The number of hydrogen-bond acceptors (Lipinski definition) is 3. The second-order valence-corrected chi connectivity index (χ2v) is 6.08. The van der Waals surface area contributed by atoms with Gasteiger partial charge in [-0.15, -0.1) is 11.3 Å². The van der Waals surface area contributed by atoms with E-state index in [1.54, 1.807) is 11.3 Å². The van der Waals surface area contributed by atoms with Gasteiger partial charge in [-0.05, 0) is 38.4 Å². The van der Waals surface area contributed by atoms with Crippen molar-refractivity contribution in [2.24, 2.45) is 0 Å². The molecular weight excluding hydrogens is 232 g/mol. The van der Waals surface area contributed by atoms with Gasteiger partial charge < -0.3 is 10.2 Å². The van der Waals surface area contributed by atoms with Gasteiger partial charge in [0.2, 0.25) is 5.91 Å². The maximum Gasteiger partial charge on any atom is 0.239 e. The minimum Gasteiger partial charge on any atom is -0.339 e. The molecule has 2 rings (SSSR count). The number of piperidine rings is 1.